The Kier molecular flexibility index (Phi) is 6.30. The molecule has 0 fully saturated rings. The van der Waals surface area contributed by atoms with E-state index >= 15 is 0 Å². The van der Waals surface area contributed by atoms with Gasteiger partial charge in [-0.15, -0.1) is 0 Å². The first-order valence-electron chi connectivity index (χ1n) is 3.69. The summed E-state index contributed by atoms with van der Waals surface area (Å²) in [7, 11) is 0. The Morgan fingerprint density at radius 2 is 2.08 bits per heavy atom. The first-order valence-corrected chi connectivity index (χ1v) is 4.96. The van der Waals surface area contributed by atoms with Crippen molar-refractivity contribution in [3.05, 3.63) is 0 Å². The standard InChI is InChI=1S/C6H16FN3S2/c7-6(3-8,4-12)10-1-5(9)2-11/h5,10-12H,1-4,8-9H2/t5?,6-/m0/s1. The van der Waals surface area contributed by atoms with Crippen LogP contribution in [-0.2, 0) is 0 Å². The number of thiol groups is 2. The minimum absolute atomic E-state index is 0.0444. The lowest BCUT2D eigenvalue weighted by Gasteiger charge is -2.24. The van der Waals surface area contributed by atoms with Crippen LogP contribution in [0.5, 0.6) is 0 Å². The van der Waals surface area contributed by atoms with Gasteiger partial charge in [-0.2, -0.15) is 25.3 Å². The van der Waals surface area contributed by atoms with Gasteiger partial charge in [-0.3, -0.25) is 5.32 Å². The molecule has 0 saturated carbocycles. The van der Waals surface area contributed by atoms with Crippen LogP contribution in [0.15, 0.2) is 0 Å². The minimum atomic E-state index is -1.61. The number of halogens is 1. The molecule has 0 bridgehead atoms. The zero-order chi connectivity index (χ0) is 9.61. The van der Waals surface area contributed by atoms with Gasteiger partial charge >= 0.3 is 0 Å². The molecule has 0 radical (unpaired) electrons. The number of hydrogen-bond acceptors (Lipinski definition) is 5. The van der Waals surface area contributed by atoms with Gasteiger partial charge in [-0.1, -0.05) is 0 Å². The molecule has 0 aromatic rings. The van der Waals surface area contributed by atoms with Gasteiger partial charge in [0.25, 0.3) is 0 Å². The number of alkyl halides is 1. The summed E-state index contributed by atoms with van der Waals surface area (Å²) in [6.45, 7) is 0.257. The molecule has 0 aromatic carbocycles. The number of hydrogen-bond donors (Lipinski definition) is 5. The van der Waals surface area contributed by atoms with Gasteiger partial charge < -0.3 is 11.5 Å². The fraction of sp³-hybridized carbons (Fsp3) is 1.00. The second kappa shape index (κ2) is 6.04. The number of nitrogens with two attached hydrogens (primary N) is 2. The first kappa shape index (κ1) is 12.5. The highest BCUT2D eigenvalue weighted by Crippen LogP contribution is 2.06. The summed E-state index contributed by atoms with van der Waals surface area (Å²) in [5.74, 6) is -1.05. The number of nitrogens with one attached hydrogen (secondary N) is 1. The summed E-state index contributed by atoms with van der Waals surface area (Å²) in [6.07, 6.45) is 0. The second-order valence-electron chi connectivity index (χ2n) is 2.65. The van der Waals surface area contributed by atoms with Crippen LogP contribution < -0.4 is 16.8 Å². The molecule has 0 spiro atoms. The largest absolute Gasteiger partial charge is 0.326 e. The molecule has 0 aliphatic carbocycles. The van der Waals surface area contributed by atoms with Gasteiger partial charge in [0.2, 0.25) is 0 Å². The van der Waals surface area contributed by atoms with Gasteiger partial charge in [0.15, 0.2) is 5.79 Å². The van der Waals surface area contributed by atoms with E-state index < -0.39 is 5.79 Å². The van der Waals surface area contributed by atoms with E-state index in [2.05, 4.69) is 30.6 Å². The van der Waals surface area contributed by atoms with Crippen LogP contribution in [0.4, 0.5) is 4.39 Å². The van der Waals surface area contributed by atoms with Gasteiger partial charge in [-0.05, 0) is 0 Å². The summed E-state index contributed by atoms with van der Waals surface area (Å²) in [5, 5.41) is 2.60. The fourth-order valence-corrected chi connectivity index (χ4v) is 0.941. The molecule has 5 N–H and O–H groups in total. The minimum Gasteiger partial charge on any atom is -0.326 e. The lowest BCUT2D eigenvalue weighted by molar-refractivity contribution is 0.154. The molecule has 3 nitrogen and oxygen atoms in total. The zero-order valence-electron chi connectivity index (χ0n) is 6.83. The molecule has 12 heavy (non-hydrogen) atoms. The number of rotatable bonds is 6. The highest BCUT2D eigenvalue weighted by Gasteiger charge is 2.25. The maximum atomic E-state index is 13.4. The predicted molar refractivity (Wildman–Crippen MR) is 56.6 cm³/mol. The topological polar surface area (TPSA) is 64.1 Å². The Balaban J connectivity index is 3.72. The average Bonchev–Trinajstić information content (AvgIpc) is 2.13. The van der Waals surface area contributed by atoms with Crippen molar-refractivity contribution < 1.29 is 4.39 Å². The van der Waals surface area contributed by atoms with Crippen LogP contribution in [-0.4, -0.2) is 36.4 Å². The monoisotopic (exact) mass is 213 g/mol. The third-order valence-electron chi connectivity index (χ3n) is 1.49. The van der Waals surface area contributed by atoms with Crippen molar-refractivity contribution >= 4 is 25.3 Å². The molecule has 6 heteroatoms. The molecule has 74 valence electrons. The van der Waals surface area contributed by atoms with E-state index in [4.69, 9.17) is 11.5 Å². The van der Waals surface area contributed by atoms with Crippen LogP contribution in [0.25, 0.3) is 0 Å². The molecule has 0 amide bonds. The molecule has 0 aromatic heterocycles. The van der Waals surface area contributed by atoms with Crippen LogP contribution in [0.3, 0.4) is 0 Å². The predicted octanol–water partition coefficient (Wildman–Crippen LogP) is -0.613. The Labute approximate surface area is 83.3 Å². The third kappa shape index (κ3) is 4.51. The van der Waals surface area contributed by atoms with Crippen molar-refractivity contribution in [3.8, 4) is 0 Å². The molecule has 0 heterocycles. The summed E-state index contributed by atoms with van der Waals surface area (Å²) in [4.78, 5) is 0. The Morgan fingerprint density at radius 3 is 2.42 bits per heavy atom. The third-order valence-corrected chi connectivity index (χ3v) is 2.46. The van der Waals surface area contributed by atoms with E-state index in [0.29, 0.717) is 12.3 Å². The van der Waals surface area contributed by atoms with Crippen LogP contribution in [0, 0.1) is 0 Å². The molecule has 1 unspecified atom stereocenters. The lowest BCUT2D eigenvalue weighted by atomic mass is 10.2. The van der Waals surface area contributed by atoms with E-state index in [1.807, 2.05) is 0 Å². The molecule has 0 aliphatic rings. The maximum absolute atomic E-state index is 13.4. The van der Waals surface area contributed by atoms with E-state index in [9.17, 15) is 4.39 Å². The molecule has 2 atom stereocenters. The molecule has 0 aliphatic heterocycles. The van der Waals surface area contributed by atoms with Gasteiger partial charge in [-0.25, -0.2) is 4.39 Å². The van der Waals surface area contributed by atoms with Crippen LogP contribution >= 0.6 is 25.3 Å². The Hall–Kier alpha value is 0.510. The first-order chi connectivity index (χ1) is 5.58. The summed E-state index contributed by atoms with van der Waals surface area (Å²) in [6, 6.07) is -0.158. The summed E-state index contributed by atoms with van der Waals surface area (Å²) in [5.41, 5.74) is 10.7. The molecular formula is C6H16FN3S2. The van der Waals surface area contributed by atoms with Gasteiger partial charge in [0, 0.05) is 30.6 Å². The summed E-state index contributed by atoms with van der Waals surface area (Å²) < 4.78 is 13.4. The van der Waals surface area contributed by atoms with E-state index in [1.54, 1.807) is 0 Å². The molecule has 0 saturated heterocycles. The van der Waals surface area contributed by atoms with Crippen molar-refractivity contribution in [3.63, 3.8) is 0 Å². The molecule has 0 rings (SSSR count). The zero-order valence-corrected chi connectivity index (χ0v) is 8.62. The second-order valence-corrected chi connectivity index (χ2v) is 3.33. The highest BCUT2D eigenvalue weighted by molar-refractivity contribution is 7.80. The lowest BCUT2D eigenvalue weighted by Crippen LogP contribution is -2.53. The fourth-order valence-electron chi connectivity index (χ4n) is 0.571. The van der Waals surface area contributed by atoms with E-state index in [0.717, 1.165) is 0 Å². The van der Waals surface area contributed by atoms with Crippen molar-refractivity contribution in [2.45, 2.75) is 11.8 Å². The highest BCUT2D eigenvalue weighted by atomic mass is 32.1. The summed E-state index contributed by atoms with van der Waals surface area (Å²) >= 11 is 7.80. The smallest absolute Gasteiger partial charge is 0.182 e. The Morgan fingerprint density at radius 1 is 1.50 bits per heavy atom. The van der Waals surface area contributed by atoms with Crippen molar-refractivity contribution in [1.29, 1.82) is 0 Å². The normalized spacial score (nSPS) is 18.8. The maximum Gasteiger partial charge on any atom is 0.182 e. The van der Waals surface area contributed by atoms with E-state index in [1.165, 1.54) is 0 Å². The van der Waals surface area contributed by atoms with Crippen LogP contribution in [0.2, 0.25) is 0 Å². The molecular weight excluding hydrogens is 197 g/mol. The van der Waals surface area contributed by atoms with Gasteiger partial charge in [0.1, 0.15) is 0 Å². The van der Waals surface area contributed by atoms with Gasteiger partial charge in [0.05, 0.1) is 0 Å². The quantitative estimate of drug-likeness (QED) is 0.302. The van der Waals surface area contributed by atoms with Crippen molar-refractivity contribution in [2.24, 2.45) is 11.5 Å². The SMILES string of the molecule is NC[C@@](F)(CS)NCC(N)CS. The average molecular weight is 213 g/mol. The van der Waals surface area contributed by atoms with Crippen molar-refractivity contribution in [2.75, 3.05) is 24.6 Å². The van der Waals surface area contributed by atoms with Crippen molar-refractivity contribution in [1.82, 2.24) is 5.32 Å². The Bertz CT molecular complexity index is 121. The van der Waals surface area contributed by atoms with E-state index in [-0.39, 0.29) is 18.3 Å². The van der Waals surface area contributed by atoms with Crippen LogP contribution in [0.1, 0.15) is 0 Å².